The Hall–Kier alpha value is -1.41. The van der Waals surface area contributed by atoms with Crippen molar-refractivity contribution in [3.8, 4) is 0 Å². The van der Waals surface area contributed by atoms with E-state index in [4.69, 9.17) is 16.3 Å². The van der Waals surface area contributed by atoms with Crippen molar-refractivity contribution in [1.29, 1.82) is 0 Å². The molecular formula is C15H13BrClNO4S. The van der Waals surface area contributed by atoms with Crippen molar-refractivity contribution in [2.75, 3.05) is 7.05 Å². The van der Waals surface area contributed by atoms with E-state index in [1.807, 2.05) is 24.3 Å². The van der Waals surface area contributed by atoms with Crippen LogP contribution in [0.4, 0.5) is 0 Å². The van der Waals surface area contributed by atoms with Crippen LogP contribution in [0.25, 0.3) is 0 Å². The highest BCUT2D eigenvalue weighted by Gasteiger charge is 2.19. The predicted molar refractivity (Wildman–Crippen MR) is 91.0 cm³/mol. The van der Waals surface area contributed by atoms with Gasteiger partial charge >= 0.3 is 5.97 Å². The Kier molecular flexibility index (Phi) is 5.80. The number of carbonyl (C=O) groups is 1. The maximum atomic E-state index is 12.1. The number of halogens is 2. The zero-order chi connectivity index (χ0) is 17.0. The molecule has 0 aliphatic carbocycles. The molecule has 0 heterocycles. The second-order valence-corrected chi connectivity index (χ2v) is 7.73. The van der Waals surface area contributed by atoms with Crippen molar-refractivity contribution in [3.63, 3.8) is 0 Å². The molecule has 0 amide bonds. The van der Waals surface area contributed by atoms with Crippen molar-refractivity contribution in [1.82, 2.24) is 4.72 Å². The molecule has 0 aromatic heterocycles. The van der Waals surface area contributed by atoms with Crippen LogP contribution in [0.5, 0.6) is 0 Å². The Morgan fingerprint density at radius 3 is 2.48 bits per heavy atom. The largest absolute Gasteiger partial charge is 0.457 e. The van der Waals surface area contributed by atoms with Gasteiger partial charge in [0.05, 0.1) is 10.6 Å². The highest BCUT2D eigenvalue weighted by Crippen LogP contribution is 2.23. The summed E-state index contributed by atoms with van der Waals surface area (Å²) in [6.07, 6.45) is 0. The minimum Gasteiger partial charge on any atom is -0.457 e. The molecule has 2 aromatic carbocycles. The van der Waals surface area contributed by atoms with Crippen LogP contribution in [0.2, 0.25) is 5.02 Å². The van der Waals surface area contributed by atoms with E-state index in [0.717, 1.165) is 10.0 Å². The fourth-order valence-corrected chi connectivity index (χ4v) is 3.27. The van der Waals surface area contributed by atoms with Crippen LogP contribution >= 0.6 is 27.5 Å². The molecule has 0 aliphatic rings. The number of ether oxygens (including phenoxy) is 1. The first-order valence-corrected chi connectivity index (χ1v) is 9.13. The van der Waals surface area contributed by atoms with Crippen molar-refractivity contribution in [3.05, 3.63) is 63.1 Å². The lowest BCUT2D eigenvalue weighted by molar-refractivity contribution is 0.0472. The van der Waals surface area contributed by atoms with Crippen LogP contribution in [0.1, 0.15) is 15.9 Å². The smallest absolute Gasteiger partial charge is 0.338 e. The van der Waals surface area contributed by atoms with Gasteiger partial charge in [-0.1, -0.05) is 39.7 Å². The molecule has 2 rings (SSSR count). The van der Waals surface area contributed by atoms with E-state index in [1.165, 1.54) is 25.2 Å². The van der Waals surface area contributed by atoms with Gasteiger partial charge in [0.25, 0.3) is 0 Å². The van der Waals surface area contributed by atoms with Gasteiger partial charge in [-0.25, -0.2) is 17.9 Å². The highest BCUT2D eigenvalue weighted by molar-refractivity contribution is 9.10. The Morgan fingerprint density at radius 2 is 1.87 bits per heavy atom. The van der Waals surface area contributed by atoms with Gasteiger partial charge in [-0.2, -0.15) is 0 Å². The van der Waals surface area contributed by atoms with Crippen LogP contribution in [0.15, 0.2) is 51.8 Å². The van der Waals surface area contributed by atoms with E-state index >= 15 is 0 Å². The fourth-order valence-electron chi connectivity index (χ4n) is 1.76. The summed E-state index contributed by atoms with van der Waals surface area (Å²) >= 11 is 9.20. The number of rotatable bonds is 5. The third-order valence-corrected chi connectivity index (χ3v) is 5.43. The van der Waals surface area contributed by atoms with Gasteiger partial charge in [0.2, 0.25) is 10.0 Å². The van der Waals surface area contributed by atoms with Crippen molar-refractivity contribution < 1.29 is 17.9 Å². The topological polar surface area (TPSA) is 72.5 Å². The molecule has 8 heteroatoms. The minimum absolute atomic E-state index is 0.0313. The third kappa shape index (κ3) is 4.54. The molecule has 0 aliphatic heterocycles. The van der Waals surface area contributed by atoms with Gasteiger partial charge in [-0.05, 0) is 42.9 Å². The molecule has 23 heavy (non-hydrogen) atoms. The summed E-state index contributed by atoms with van der Waals surface area (Å²) in [7, 11) is -2.48. The zero-order valence-electron chi connectivity index (χ0n) is 12.0. The average Bonchev–Trinajstić information content (AvgIpc) is 2.54. The average molecular weight is 419 g/mol. The summed E-state index contributed by atoms with van der Waals surface area (Å²) < 4.78 is 32.0. The van der Waals surface area contributed by atoms with Gasteiger partial charge in [0, 0.05) is 4.47 Å². The van der Waals surface area contributed by atoms with E-state index in [-0.39, 0.29) is 22.1 Å². The summed E-state index contributed by atoms with van der Waals surface area (Å²) in [5.41, 5.74) is 0.930. The molecule has 0 fully saturated rings. The summed E-state index contributed by atoms with van der Waals surface area (Å²) in [6, 6.07) is 11.3. The number of carbonyl (C=O) groups excluding carboxylic acids is 1. The maximum Gasteiger partial charge on any atom is 0.338 e. The molecule has 5 nitrogen and oxygen atoms in total. The molecule has 122 valence electrons. The fraction of sp³-hybridized carbons (Fsp3) is 0.133. The second kappa shape index (κ2) is 7.44. The number of esters is 1. The molecular weight excluding hydrogens is 406 g/mol. The summed E-state index contributed by atoms with van der Waals surface area (Å²) in [6.45, 7) is 0.0862. The van der Waals surface area contributed by atoms with Gasteiger partial charge in [-0.3, -0.25) is 0 Å². The van der Waals surface area contributed by atoms with E-state index in [0.29, 0.717) is 0 Å². The van der Waals surface area contributed by atoms with Gasteiger partial charge in [-0.15, -0.1) is 0 Å². The SMILES string of the molecule is CNS(=O)(=O)c1cc(C(=O)OCc2ccc(Br)cc2)ccc1Cl. The van der Waals surface area contributed by atoms with Crippen LogP contribution in [-0.2, 0) is 21.4 Å². The monoisotopic (exact) mass is 417 g/mol. The van der Waals surface area contributed by atoms with Crippen LogP contribution in [0.3, 0.4) is 0 Å². The van der Waals surface area contributed by atoms with Crippen LogP contribution in [0, 0.1) is 0 Å². The highest BCUT2D eigenvalue weighted by atomic mass is 79.9. The minimum atomic E-state index is -3.75. The maximum absolute atomic E-state index is 12.1. The molecule has 0 saturated carbocycles. The normalized spacial score (nSPS) is 11.3. The zero-order valence-corrected chi connectivity index (χ0v) is 15.2. The third-order valence-electron chi connectivity index (χ3n) is 3.01. The Bertz CT molecular complexity index is 822. The quantitative estimate of drug-likeness (QED) is 0.756. The molecule has 0 bridgehead atoms. The standard InChI is InChI=1S/C15H13BrClNO4S/c1-18-23(20,21)14-8-11(4-7-13(14)17)15(19)22-9-10-2-5-12(16)6-3-10/h2-8,18H,9H2,1H3. The number of sulfonamides is 1. The van der Waals surface area contributed by atoms with E-state index in [2.05, 4.69) is 20.7 Å². The van der Waals surface area contributed by atoms with Crippen molar-refractivity contribution in [2.24, 2.45) is 0 Å². The predicted octanol–water partition coefficient (Wildman–Crippen LogP) is 3.37. The Labute approximate surface area is 147 Å². The molecule has 0 atom stereocenters. The Balaban J connectivity index is 2.16. The van der Waals surface area contributed by atoms with Gasteiger partial charge in [0.1, 0.15) is 11.5 Å². The van der Waals surface area contributed by atoms with E-state index < -0.39 is 16.0 Å². The molecule has 1 N–H and O–H groups in total. The molecule has 0 unspecified atom stereocenters. The van der Waals surface area contributed by atoms with E-state index in [1.54, 1.807) is 0 Å². The summed E-state index contributed by atoms with van der Waals surface area (Å²) in [4.78, 5) is 11.9. The number of hydrogen-bond acceptors (Lipinski definition) is 4. The van der Waals surface area contributed by atoms with Crippen LogP contribution in [-0.4, -0.2) is 21.4 Å². The first kappa shape index (κ1) is 17.9. The summed E-state index contributed by atoms with van der Waals surface area (Å²) in [5, 5.41) is 0.0313. The number of hydrogen-bond donors (Lipinski definition) is 1. The number of benzene rings is 2. The number of nitrogens with one attached hydrogen (secondary N) is 1. The van der Waals surface area contributed by atoms with Crippen LogP contribution < -0.4 is 4.72 Å². The molecule has 2 aromatic rings. The van der Waals surface area contributed by atoms with Crippen molar-refractivity contribution >= 4 is 43.5 Å². The lowest BCUT2D eigenvalue weighted by Crippen LogP contribution is -2.19. The lowest BCUT2D eigenvalue weighted by atomic mass is 10.2. The first-order chi connectivity index (χ1) is 10.8. The van der Waals surface area contributed by atoms with Crippen molar-refractivity contribution in [2.45, 2.75) is 11.5 Å². The van der Waals surface area contributed by atoms with Gasteiger partial charge < -0.3 is 4.74 Å². The second-order valence-electron chi connectivity index (χ2n) is 4.56. The summed E-state index contributed by atoms with van der Waals surface area (Å²) in [5.74, 6) is -0.628. The van der Waals surface area contributed by atoms with Gasteiger partial charge in [0.15, 0.2) is 0 Å². The molecule has 0 saturated heterocycles. The van der Waals surface area contributed by atoms with E-state index in [9.17, 15) is 13.2 Å². The first-order valence-electron chi connectivity index (χ1n) is 6.48. The molecule has 0 spiro atoms. The Morgan fingerprint density at radius 1 is 1.22 bits per heavy atom. The molecule has 0 radical (unpaired) electrons. The lowest BCUT2D eigenvalue weighted by Gasteiger charge is -2.08.